The van der Waals surface area contributed by atoms with Gasteiger partial charge >= 0.3 is 0 Å². The van der Waals surface area contributed by atoms with Crippen molar-refractivity contribution in [1.82, 2.24) is 4.90 Å². The summed E-state index contributed by atoms with van der Waals surface area (Å²) in [6, 6.07) is 0.748. The number of hydrogen-bond donors (Lipinski definition) is 0. The van der Waals surface area contributed by atoms with Crippen molar-refractivity contribution in [3.05, 3.63) is 0 Å². The predicted molar refractivity (Wildman–Crippen MR) is 58.8 cm³/mol. The molecule has 4 atom stereocenters. The van der Waals surface area contributed by atoms with Gasteiger partial charge in [0, 0.05) is 6.04 Å². The second-order valence-corrected chi connectivity index (χ2v) is 5.08. The first-order chi connectivity index (χ1) is 6.06. The van der Waals surface area contributed by atoms with E-state index >= 15 is 0 Å². The fourth-order valence-electron chi connectivity index (χ4n) is 2.24. The van der Waals surface area contributed by atoms with Crippen molar-refractivity contribution in [2.24, 2.45) is 17.8 Å². The Kier molecular flexibility index (Phi) is 3.78. The van der Waals surface area contributed by atoms with Crippen molar-refractivity contribution in [2.75, 3.05) is 14.1 Å². The lowest BCUT2D eigenvalue weighted by Gasteiger charge is -2.28. The summed E-state index contributed by atoms with van der Waals surface area (Å²) in [6.07, 6.45) is 4.27. The van der Waals surface area contributed by atoms with E-state index in [1.165, 1.54) is 19.3 Å². The molecule has 1 rings (SSSR count). The highest BCUT2D eigenvalue weighted by atomic mass is 15.1. The maximum Gasteiger partial charge on any atom is 0.00891 e. The third kappa shape index (κ3) is 2.98. The van der Waals surface area contributed by atoms with E-state index in [0.717, 1.165) is 23.8 Å². The van der Waals surface area contributed by atoms with Gasteiger partial charge in [0.25, 0.3) is 0 Å². The standard InChI is InChI=1S/C12H25N/c1-6-11(10(3)13(4)5)8-12-7-9(12)2/h9-12H,6-8H2,1-5H3. The van der Waals surface area contributed by atoms with Gasteiger partial charge in [-0.2, -0.15) is 0 Å². The summed E-state index contributed by atoms with van der Waals surface area (Å²) in [4.78, 5) is 2.36. The fourth-order valence-corrected chi connectivity index (χ4v) is 2.24. The van der Waals surface area contributed by atoms with Gasteiger partial charge in [-0.05, 0) is 51.6 Å². The molecule has 0 amide bonds. The SMILES string of the molecule is CCC(CC1CC1C)C(C)N(C)C. The van der Waals surface area contributed by atoms with Crippen LogP contribution in [-0.4, -0.2) is 25.0 Å². The second kappa shape index (κ2) is 4.45. The van der Waals surface area contributed by atoms with Crippen LogP contribution in [0.4, 0.5) is 0 Å². The number of nitrogens with zero attached hydrogens (tertiary/aromatic N) is 1. The smallest absolute Gasteiger partial charge is 0.00891 e. The zero-order valence-electron chi connectivity index (χ0n) is 9.88. The molecule has 0 bridgehead atoms. The first-order valence-corrected chi connectivity index (χ1v) is 5.72. The van der Waals surface area contributed by atoms with Gasteiger partial charge in [0.05, 0.1) is 0 Å². The monoisotopic (exact) mass is 183 g/mol. The molecule has 0 heterocycles. The molecule has 1 aliphatic carbocycles. The molecule has 13 heavy (non-hydrogen) atoms. The molecule has 1 fully saturated rings. The molecular weight excluding hydrogens is 158 g/mol. The Morgan fingerprint density at radius 1 is 1.38 bits per heavy atom. The summed E-state index contributed by atoms with van der Waals surface area (Å²) >= 11 is 0. The van der Waals surface area contributed by atoms with Gasteiger partial charge in [0.15, 0.2) is 0 Å². The predicted octanol–water partition coefficient (Wildman–Crippen LogP) is 3.01. The van der Waals surface area contributed by atoms with E-state index in [2.05, 4.69) is 39.8 Å². The van der Waals surface area contributed by atoms with Gasteiger partial charge in [-0.3, -0.25) is 0 Å². The topological polar surface area (TPSA) is 3.24 Å². The molecule has 4 unspecified atom stereocenters. The van der Waals surface area contributed by atoms with Crippen LogP contribution in [0.5, 0.6) is 0 Å². The van der Waals surface area contributed by atoms with Crippen molar-refractivity contribution in [3.8, 4) is 0 Å². The van der Waals surface area contributed by atoms with Crippen molar-refractivity contribution < 1.29 is 0 Å². The van der Waals surface area contributed by atoms with E-state index in [1.807, 2.05) is 0 Å². The minimum atomic E-state index is 0.748. The minimum Gasteiger partial charge on any atom is -0.306 e. The summed E-state index contributed by atoms with van der Waals surface area (Å²) in [5.74, 6) is 2.97. The normalized spacial score (nSPS) is 31.8. The van der Waals surface area contributed by atoms with Gasteiger partial charge in [-0.25, -0.2) is 0 Å². The molecule has 78 valence electrons. The van der Waals surface area contributed by atoms with E-state index in [4.69, 9.17) is 0 Å². The van der Waals surface area contributed by atoms with E-state index in [9.17, 15) is 0 Å². The Morgan fingerprint density at radius 2 is 1.92 bits per heavy atom. The van der Waals surface area contributed by atoms with Gasteiger partial charge < -0.3 is 4.90 Å². The molecule has 0 N–H and O–H groups in total. The van der Waals surface area contributed by atoms with Crippen LogP contribution < -0.4 is 0 Å². The van der Waals surface area contributed by atoms with Crippen molar-refractivity contribution in [3.63, 3.8) is 0 Å². The molecule has 0 aromatic rings. The lowest BCUT2D eigenvalue weighted by Crippen LogP contribution is -2.32. The highest BCUT2D eigenvalue weighted by Gasteiger charge is 2.35. The lowest BCUT2D eigenvalue weighted by molar-refractivity contribution is 0.205. The van der Waals surface area contributed by atoms with Crippen molar-refractivity contribution in [2.45, 2.75) is 46.1 Å². The van der Waals surface area contributed by atoms with Crippen molar-refractivity contribution in [1.29, 1.82) is 0 Å². The maximum atomic E-state index is 2.39. The van der Waals surface area contributed by atoms with Crippen LogP contribution in [0.15, 0.2) is 0 Å². The Bertz CT molecular complexity index is 153. The molecule has 1 heteroatoms. The minimum absolute atomic E-state index is 0.748. The Hall–Kier alpha value is -0.0400. The van der Waals surface area contributed by atoms with Crippen LogP contribution in [-0.2, 0) is 0 Å². The quantitative estimate of drug-likeness (QED) is 0.633. The molecule has 1 aliphatic rings. The average Bonchev–Trinajstić information content (AvgIpc) is 2.76. The molecule has 1 nitrogen and oxygen atoms in total. The maximum absolute atomic E-state index is 2.39. The zero-order valence-corrected chi connectivity index (χ0v) is 9.88. The lowest BCUT2D eigenvalue weighted by atomic mass is 9.91. The van der Waals surface area contributed by atoms with Gasteiger partial charge in [-0.1, -0.05) is 20.3 Å². The molecule has 0 radical (unpaired) electrons. The zero-order chi connectivity index (χ0) is 10.0. The highest BCUT2D eigenvalue weighted by molar-refractivity contribution is 4.86. The van der Waals surface area contributed by atoms with Crippen LogP contribution in [0.2, 0.25) is 0 Å². The molecular formula is C12H25N. The van der Waals surface area contributed by atoms with E-state index in [1.54, 1.807) is 0 Å². The fraction of sp³-hybridized carbons (Fsp3) is 1.00. The van der Waals surface area contributed by atoms with Crippen LogP contribution in [0.1, 0.15) is 40.0 Å². The van der Waals surface area contributed by atoms with Crippen LogP contribution in [0.3, 0.4) is 0 Å². The summed E-state index contributed by atoms with van der Waals surface area (Å²) in [7, 11) is 4.40. The number of rotatable bonds is 5. The van der Waals surface area contributed by atoms with Gasteiger partial charge in [0.1, 0.15) is 0 Å². The Balaban J connectivity index is 2.33. The van der Waals surface area contributed by atoms with Crippen molar-refractivity contribution >= 4 is 0 Å². The van der Waals surface area contributed by atoms with E-state index in [0.29, 0.717) is 0 Å². The van der Waals surface area contributed by atoms with Crippen LogP contribution >= 0.6 is 0 Å². The highest BCUT2D eigenvalue weighted by Crippen LogP contribution is 2.43. The molecule has 0 aromatic heterocycles. The van der Waals surface area contributed by atoms with Crippen LogP contribution in [0, 0.1) is 17.8 Å². The number of hydrogen-bond acceptors (Lipinski definition) is 1. The molecule has 0 aliphatic heterocycles. The third-order valence-corrected chi connectivity index (χ3v) is 3.90. The van der Waals surface area contributed by atoms with E-state index < -0.39 is 0 Å². The second-order valence-electron chi connectivity index (χ2n) is 5.08. The summed E-state index contributed by atoms with van der Waals surface area (Å²) in [6.45, 7) is 7.08. The molecule has 0 aromatic carbocycles. The summed E-state index contributed by atoms with van der Waals surface area (Å²) in [5.41, 5.74) is 0. The average molecular weight is 183 g/mol. The summed E-state index contributed by atoms with van der Waals surface area (Å²) < 4.78 is 0. The first kappa shape index (κ1) is 11.0. The van der Waals surface area contributed by atoms with Gasteiger partial charge in [-0.15, -0.1) is 0 Å². The largest absolute Gasteiger partial charge is 0.306 e. The first-order valence-electron chi connectivity index (χ1n) is 5.72. The Labute approximate surface area is 83.5 Å². The van der Waals surface area contributed by atoms with Crippen LogP contribution in [0.25, 0.3) is 0 Å². The van der Waals surface area contributed by atoms with Gasteiger partial charge in [0.2, 0.25) is 0 Å². The third-order valence-electron chi connectivity index (χ3n) is 3.90. The summed E-state index contributed by atoms with van der Waals surface area (Å²) in [5, 5.41) is 0. The molecule has 0 saturated heterocycles. The van der Waals surface area contributed by atoms with E-state index in [-0.39, 0.29) is 0 Å². The molecule has 0 spiro atoms. The molecule has 1 saturated carbocycles. The Morgan fingerprint density at radius 3 is 2.23 bits per heavy atom.